The maximum Gasteiger partial charge on any atom is 0.272 e. The molecule has 0 bridgehead atoms. The largest absolute Gasteiger partial charge is 0.366 e. The molecule has 2 saturated heterocycles. The summed E-state index contributed by atoms with van der Waals surface area (Å²) in [6.07, 6.45) is 5.15. The maximum absolute atomic E-state index is 13.4. The minimum atomic E-state index is -0.121. The van der Waals surface area contributed by atoms with Crippen LogP contribution in [0.3, 0.4) is 0 Å². The van der Waals surface area contributed by atoms with Gasteiger partial charge in [0.15, 0.2) is 0 Å². The van der Waals surface area contributed by atoms with Crippen molar-refractivity contribution in [2.75, 3.05) is 31.1 Å². The molecular formula is C26H28ClN3O2. The lowest BCUT2D eigenvalue weighted by Gasteiger charge is -2.37. The maximum atomic E-state index is 13.4. The molecular weight excluding hydrogens is 422 g/mol. The molecule has 1 unspecified atom stereocenters. The summed E-state index contributed by atoms with van der Waals surface area (Å²) < 4.78 is 0. The summed E-state index contributed by atoms with van der Waals surface area (Å²) in [4.78, 5) is 33.8. The van der Waals surface area contributed by atoms with Crippen molar-refractivity contribution >= 4 is 34.1 Å². The number of halogens is 1. The molecule has 3 aromatic rings. The van der Waals surface area contributed by atoms with Crippen molar-refractivity contribution in [1.82, 2.24) is 9.88 Å². The number of nitrogens with one attached hydrogen (secondary N) is 1. The summed E-state index contributed by atoms with van der Waals surface area (Å²) in [5.41, 5.74) is 3.15. The zero-order valence-electron chi connectivity index (χ0n) is 18.1. The van der Waals surface area contributed by atoms with Gasteiger partial charge in [0.05, 0.1) is 5.92 Å². The van der Waals surface area contributed by atoms with Crippen LogP contribution < -0.4 is 10.5 Å². The fraction of sp³-hybridized carbons (Fsp3) is 0.385. The van der Waals surface area contributed by atoms with Gasteiger partial charge in [-0.2, -0.15) is 0 Å². The van der Waals surface area contributed by atoms with Crippen LogP contribution in [0.15, 0.2) is 53.3 Å². The van der Waals surface area contributed by atoms with Gasteiger partial charge in [-0.05, 0) is 55.9 Å². The molecule has 0 radical (unpaired) electrons. The molecule has 1 N–H and O–H groups in total. The van der Waals surface area contributed by atoms with Gasteiger partial charge in [-0.15, -0.1) is 0 Å². The number of likely N-dealkylation sites (tertiary alicyclic amines) is 1. The van der Waals surface area contributed by atoms with E-state index in [-0.39, 0.29) is 17.4 Å². The molecule has 32 heavy (non-hydrogen) atoms. The van der Waals surface area contributed by atoms with E-state index in [1.165, 1.54) is 6.42 Å². The Balaban J connectivity index is 1.58. The molecule has 0 spiro atoms. The minimum Gasteiger partial charge on any atom is -0.366 e. The molecule has 2 aromatic carbocycles. The van der Waals surface area contributed by atoms with Crippen molar-refractivity contribution in [2.24, 2.45) is 5.92 Å². The van der Waals surface area contributed by atoms with Crippen LogP contribution in [0.2, 0.25) is 5.02 Å². The van der Waals surface area contributed by atoms with E-state index >= 15 is 0 Å². The van der Waals surface area contributed by atoms with Crippen LogP contribution in [0.1, 0.15) is 32.1 Å². The highest BCUT2D eigenvalue weighted by molar-refractivity contribution is 6.31. The van der Waals surface area contributed by atoms with Crippen LogP contribution in [0, 0.1) is 5.92 Å². The third-order valence-electron chi connectivity index (χ3n) is 6.77. The number of piperidine rings is 2. The second-order valence-corrected chi connectivity index (χ2v) is 9.34. The standard InChI is InChI=1S/C26H28ClN3O2/c27-20-11-12-22-21(16-20)23(18-8-3-1-4-9-18)24(25(31)28-22)30-15-7-10-19(17-30)26(32)29-13-5-2-6-14-29/h1,3-4,8-9,11-12,16,19H,2,5-7,10,13-15,17H2,(H,28,31). The number of amides is 1. The zero-order valence-corrected chi connectivity index (χ0v) is 18.9. The van der Waals surface area contributed by atoms with Crippen molar-refractivity contribution in [3.63, 3.8) is 0 Å². The van der Waals surface area contributed by atoms with Crippen molar-refractivity contribution in [1.29, 1.82) is 0 Å². The number of anilines is 1. The summed E-state index contributed by atoms with van der Waals surface area (Å²) >= 11 is 6.35. The highest BCUT2D eigenvalue weighted by atomic mass is 35.5. The van der Waals surface area contributed by atoms with Crippen molar-refractivity contribution in [3.8, 4) is 11.1 Å². The van der Waals surface area contributed by atoms with Crippen molar-refractivity contribution in [3.05, 3.63) is 63.9 Å². The van der Waals surface area contributed by atoms with Crippen LogP contribution in [0.5, 0.6) is 0 Å². The number of hydrogen-bond donors (Lipinski definition) is 1. The summed E-state index contributed by atoms with van der Waals surface area (Å²) in [5, 5.41) is 1.55. The van der Waals surface area contributed by atoms with Gasteiger partial charge in [-0.3, -0.25) is 9.59 Å². The molecule has 3 heterocycles. The molecule has 1 amide bonds. The Hall–Kier alpha value is -2.79. The van der Waals surface area contributed by atoms with Gasteiger partial charge >= 0.3 is 0 Å². The van der Waals surface area contributed by atoms with Gasteiger partial charge in [0.1, 0.15) is 5.69 Å². The van der Waals surface area contributed by atoms with Gasteiger partial charge in [0.25, 0.3) is 5.56 Å². The first-order valence-corrected chi connectivity index (χ1v) is 11.9. The van der Waals surface area contributed by atoms with Crippen LogP contribution in [-0.2, 0) is 4.79 Å². The Labute approximate surface area is 193 Å². The molecule has 2 fully saturated rings. The molecule has 2 aliphatic rings. The molecule has 2 aliphatic heterocycles. The lowest BCUT2D eigenvalue weighted by atomic mass is 9.93. The topological polar surface area (TPSA) is 56.4 Å². The summed E-state index contributed by atoms with van der Waals surface area (Å²) in [5.74, 6) is 0.177. The molecule has 0 aliphatic carbocycles. The van der Waals surface area contributed by atoms with E-state index in [0.29, 0.717) is 17.3 Å². The van der Waals surface area contributed by atoms with Crippen LogP contribution >= 0.6 is 11.6 Å². The summed E-state index contributed by atoms with van der Waals surface area (Å²) in [6.45, 7) is 3.06. The number of aromatic nitrogens is 1. The lowest BCUT2D eigenvalue weighted by Crippen LogP contribution is -2.47. The van der Waals surface area contributed by atoms with E-state index < -0.39 is 0 Å². The number of H-pyrrole nitrogens is 1. The highest BCUT2D eigenvalue weighted by Crippen LogP contribution is 2.37. The Morgan fingerprint density at radius 1 is 0.969 bits per heavy atom. The Morgan fingerprint density at radius 3 is 2.53 bits per heavy atom. The number of nitrogens with zero attached hydrogens (tertiary/aromatic N) is 2. The number of benzene rings is 2. The quantitative estimate of drug-likeness (QED) is 0.606. The first-order chi connectivity index (χ1) is 15.6. The third-order valence-corrected chi connectivity index (χ3v) is 7.00. The molecule has 5 nitrogen and oxygen atoms in total. The molecule has 166 valence electrons. The summed E-state index contributed by atoms with van der Waals surface area (Å²) in [7, 11) is 0. The number of carbonyl (C=O) groups is 1. The summed E-state index contributed by atoms with van der Waals surface area (Å²) in [6, 6.07) is 15.6. The van der Waals surface area contributed by atoms with Crippen molar-refractivity contribution in [2.45, 2.75) is 32.1 Å². The second-order valence-electron chi connectivity index (χ2n) is 8.90. The van der Waals surface area contributed by atoms with Gasteiger partial charge in [-0.1, -0.05) is 41.9 Å². The highest BCUT2D eigenvalue weighted by Gasteiger charge is 2.32. The Bertz CT molecular complexity index is 1180. The number of fused-ring (bicyclic) bond motifs is 1. The first-order valence-electron chi connectivity index (χ1n) is 11.6. The molecule has 0 saturated carbocycles. The lowest BCUT2D eigenvalue weighted by molar-refractivity contribution is -0.136. The normalized spacial score (nSPS) is 19.3. The second kappa shape index (κ2) is 8.99. The number of pyridine rings is 1. The monoisotopic (exact) mass is 449 g/mol. The SMILES string of the molecule is O=C(C1CCCN(c2c(-c3ccccc3)c3cc(Cl)ccc3[nH]c2=O)C1)N1CCCCC1. The molecule has 1 aromatic heterocycles. The van der Waals surface area contributed by atoms with Crippen LogP contribution in [0.25, 0.3) is 22.0 Å². The molecule has 6 heteroatoms. The molecule has 5 rings (SSSR count). The Kier molecular flexibility index (Phi) is 5.92. The van der Waals surface area contributed by atoms with E-state index in [1.807, 2.05) is 47.4 Å². The Morgan fingerprint density at radius 2 is 1.75 bits per heavy atom. The van der Waals surface area contributed by atoms with Gasteiger partial charge in [0, 0.05) is 47.7 Å². The average Bonchev–Trinajstić information content (AvgIpc) is 2.84. The van der Waals surface area contributed by atoms with Gasteiger partial charge in [0.2, 0.25) is 5.91 Å². The van der Waals surface area contributed by atoms with Gasteiger partial charge < -0.3 is 14.8 Å². The van der Waals surface area contributed by atoms with E-state index in [0.717, 1.165) is 67.3 Å². The van der Waals surface area contributed by atoms with Crippen molar-refractivity contribution < 1.29 is 4.79 Å². The zero-order chi connectivity index (χ0) is 22.1. The smallest absolute Gasteiger partial charge is 0.272 e. The van der Waals surface area contributed by atoms with E-state index in [9.17, 15) is 9.59 Å². The number of aromatic amines is 1. The predicted molar refractivity (Wildman–Crippen MR) is 130 cm³/mol. The van der Waals surface area contributed by atoms with E-state index in [1.54, 1.807) is 6.07 Å². The molecule has 1 atom stereocenters. The van der Waals surface area contributed by atoms with Gasteiger partial charge in [-0.25, -0.2) is 0 Å². The fourth-order valence-corrected chi connectivity index (χ4v) is 5.38. The number of carbonyl (C=O) groups excluding carboxylic acids is 1. The predicted octanol–water partition coefficient (Wildman–Crippen LogP) is 5.08. The van der Waals surface area contributed by atoms with Crippen LogP contribution in [0.4, 0.5) is 5.69 Å². The minimum absolute atomic E-state index is 0.0695. The van der Waals surface area contributed by atoms with E-state index in [4.69, 9.17) is 11.6 Å². The van der Waals surface area contributed by atoms with Crippen LogP contribution in [-0.4, -0.2) is 42.0 Å². The fourth-order valence-electron chi connectivity index (χ4n) is 5.21. The average molecular weight is 450 g/mol. The number of rotatable bonds is 3. The third kappa shape index (κ3) is 4.02. The number of hydrogen-bond acceptors (Lipinski definition) is 3. The first kappa shape index (κ1) is 21.1. The van der Waals surface area contributed by atoms with E-state index in [2.05, 4.69) is 9.88 Å².